The molecule has 0 aromatic carbocycles. The second kappa shape index (κ2) is 5.32. The molecule has 2 nitrogen and oxygen atoms in total. The van der Waals surface area contributed by atoms with Crippen LogP contribution in [0.2, 0.25) is 0 Å². The number of nitrogens with zero attached hydrogens (tertiary/aromatic N) is 1. The largest absolute Gasteiger partial charge is 0.341 e. The Labute approximate surface area is 96.4 Å². The quantitative estimate of drug-likeness (QED) is 0.773. The molecule has 4 heteroatoms. The average Bonchev–Trinajstić information content (AvgIpc) is 2.51. The van der Waals surface area contributed by atoms with Crippen molar-refractivity contribution in [3.63, 3.8) is 0 Å². The minimum Gasteiger partial charge on any atom is -0.341 e. The maximum absolute atomic E-state index is 11.4. The van der Waals surface area contributed by atoms with E-state index >= 15 is 0 Å². The highest BCUT2D eigenvalue weighted by Gasteiger charge is 2.07. The van der Waals surface area contributed by atoms with Crippen LogP contribution in [0.5, 0.6) is 0 Å². The molecular formula is C10H12BrNOS. The second-order valence-corrected chi connectivity index (χ2v) is 5.29. The number of hydrogen-bond acceptors (Lipinski definition) is 2. The van der Waals surface area contributed by atoms with E-state index in [4.69, 9.17) is 0 Å². The summed E-state index contributed by atoms with van der Waals surface area (Å²) < 4.78 is 1.09. The molecule has 1 amide bonds. The van der Waals surface area contributed by atoms with Crippen molar-refractivity contribution in [3.05, 3.63) is 33.5 Å². The molecule has 1 aromatic heterocycles. The molecule has 0 bridgehead atoms. The van der Waals surface area contributed by atoms with Gasteiger partial charge in [-0.2, -0.15) is 0 Å². The Bertz CT molecular complexity index is 335. The van der Waals surface area contributed by atoms with E-state index in [1.54, 1.807) is 29.4 Å². The van der Waals surface area contributed by atoms with Crippen LogP contribution in [0.15, 0.2) is 27.9 Å². The van der Waals surface area contributed by atoms with Gasteiger partial charge in [-0.05, 0) is 32.9 Å². The van der Waals surface area contributed by atoms with Gasteiger partial charge < -0.3 is 4.90 Å². The highest BCUT2D eigenvalue weighted by molar-refractivity contribution is 9.11. The molecule has 0 aliphatic heterocycles. The topological polar surface area (TPSA) is 20.3 Å². The van der Waals surface area contributed by atoms with Gasteiger partial charge in [-0.15, -0.1) is 17.9 Å². The molecule has 0 fully saturated rings. The van der Waals surface area contributed by atoms with Crippen molar-refractivity contribution in [2.75, 3.05) is 7.05 Å². The summed E-state index contributed by atoms with van der Waals surface area (Å²) in [7, 11) is 1.80. The average molecular weight is 274 g/mol. The lowest BCUT2D eigenvalue weighted by atomic mass is 10.3. The molecule has 0 aliphatic carbocycles. The Balaban J connectivity index is 2.52. The Morgan fingerprint density at radius 3 is 3.00 bits per heavy atom. The van der Waals surface area contributed by atoms with Crippen LogP contribution < -0.4 is 0 Å². The molecule has 1 rings (SSSR count). The van der Waals surface area contributed by atoms with Crippen molar-refractivity contribution in [1.29, 1.82) is 0 Å². The summed E-state index contributed by atoms with van der Waals surface area (Å²) in [5.74, 6) is 0.0994. The fourth-order valence-corrected chi connectivity index (χ4v) is 2.27. The van der Waals surface area contributed by atoms with Crippen molar-refractivity contribution < 1.29 is 4.79 Å². The molecule has 1 aromatic rings. The number of halogens is 1. The first-order chi connectivity index (χ1) is 6.63. The molecule has 1 heterocycles. The highest BCUT2D eigenvalue weighted by atomic mass is 79.9. The molecule has 0 spiro atoms. The summed E-state index contributed by atoms with van der Waals surface area (Å²) in [6.45, 7) is 4.20. The van der Waals surface area contributed by atoms with E-state index in [-0.39, 0.29) is 5.91 Å². The standard InChI is InChI=1S/C10H12BrNOS/c1-3-4-10(13)12(2)6-8-5-9(11)14-7-8/h3,5,7H,1,4,6H2,2H3. The van der Waals surface area contributed by atoms with Crippen LogP contribution in [-0.4, -0.2) is 17.9 Å². The zero-order valence-electron chi connectivity index (χ0n) is 8.00. The molecule has 76 valence electrons. The molecule has 0 saturated heterocycles. The van der Waals surface area contributed by atoms with Gasteiger partial charge >= 0.3 is 0 Å². The van der Waals surface area contributed by atoms with Gasteiger partial charge in [0.1, 0.15) is 0 Å². The summed E-state index contributed by atoms with van der Waals surface area (Å²) in [6, 6.07) is 2.03. The normalized spacial score (nSPS) is 9.86. The zero-order chi connectivity index (χ0) is 10.6. The van der Waals surface area contributed by atoms with Crippen LogP contribution in [0.3, 0.4) is 0 Å². The number of rotatable bonds is 4. The maximum atomic E-state index is 11.4. The van der Waals surface area contributed by atoms with Crippen LogP contribution in [0.4, 0.5) is 0 Å². The van der Waals surface area contributed by atoms with Gasteiger partial charge in [-0.25, -0.2) is 0 Å². The van der Waals surface area contributed by atoms with Gasteiger partial charge in [0, 0.05) is 20.0 Å². The number of amides is 1. The van der Waals surface area contributed by atoms with Crippen molar-refractivity contribution in [1.82, 2.24) is 4.90 Å². The van der Waals surface area contributed by atoms with E-state index in [0.717, 1.165) is 9.35 Å². The van der Waals surface area contributed by atoms with E-state index in [9.17, 15) is 4.79 Å². The molecule has 0 aliphatic rings. The van der Waals surface area contributed by atoms with E-state index < -0.39 is 0 Å². The first-order valence-corrected chi connectivity index (χ1v) is 5.88. The van der Waals surface area contributed by atoms with Crippen molar-refractivity contribution in [2.24, 2.45) is 0 Å². The monoisotopic (exact) mass is 273 g/mol. The second-order valence-electron chi connectivity index (χ2n) is 3.00. The van der Waals surface area contributed by atoms with E-state index in [1.807, 2.05) is 11.4 Å². The predicted octanol–water partition coefficient (Wildman–Crippen LogP) is 3.05. The first kappa shape index (κ1) is 11.5. The van der Waals surface area contributed by atoms with Gasteiger partial charge in [0.2, 0.25) is 5.91 Å². The van der Waals surface area contributed by atoms with Crippen LogP contribution in [0, 0.1) is 0 Å². The minimum atomic E-state index is 0.0994. The maximum Gasteiger partial charge on any atom is 0.226 e. The Hall–Kier alpha value is -0.610. The van der Waals surface area contributed by atoms with Gasteiger partial charge in [-0.1, -0.05) is 6.08 Å². The molecule has 0 N–H and O–H groups in total. The number of thiophene rings is 1. The van der Waals surface area contributed by atoms with Gasteiger partial charge in [0.15, 0.2) is 0 Å². The molecule has 0 unspecified atom stereocenters. The molecular weight excluding hydrogens is 262 g/mol. The molecule has 14 heavy (non-hydrogen) atoms. The third-order valence-corrected chi connectivity index (χ3v) is 3.34. The fourth-order valence-electron chi connectivity index (χ4n) is 1.07. The summed E-state index contributed by atoms with van der Waals surface area (Å²) in [5.41, 5.74) is 1.15. The molecule has 0 atom stereocenters. The number of carbonyl (C=O) groups is 1. The molecule has 0 radical (unpaired) electrons. The van der Waals surface area contributed by atoms with Crippen molar-refractivity contribution in [3.8, 4) is 0 Å². The van der Waals surface area contributed by atoms with E-state index in [1.165, 1.54) is 0 Å². The first-order valence-electron chi connectivity index (χ1n) is 4.21. The lowest BCUT2D eigenvalue weighted by molar-refractivity contribution is -0.129. The van der Waals surface area contributed by atoms with Crippen LogP contribution in [0.25, 0.3) is 0 Å². The fraction of sp³-hybridized carbons (Fsp3) is 0.300. The summed E-state index contributed by atoms with van der Waals surface area (Å²) >= 11 is 5.02. The van der Waals surface area contributed by atoms with Gasteiger partial charge in [0.05, 0.1) is 3.79 Å². The smallest absolute Gasteiger partial charge is 0.226 e. The minimum absolute atomic E-state index is 0.0994. The van der Waals surface area contributed by atoms with E-state index in [0.29, 0.717) is 13.0 Å². The third kappa shape index (κ3) is 3.27. The van der Waals surface area contributed by atoms with Crippen LogP contribution >= 0.6 is 27.3 Å². The van der Waals surface area contributed by atoms with Crippen LogP contribution in [-0.2, 0) is 11.3 Å². The van der Waals surface area contributed by atoms with Crippen molar-refractivity contribution in [2.45, 2.75) is 13.0 Å². The summed E-state index contributed by atoms with van der Waals surface area (Å²) in [4.78, 5) is 13.1. The highest BCUT2D eigenvalue weighted by Crippen LogP contribution is 2.21. The lowest BCUT2D eigenvalue weighted by Gasteiger charge is -2.14. The van der Waals surface area contributed by atoms with Gasteiger partial charge in [0.25, 0.3) is 0 Å². The number of hydrogen-bond donors (Lipinski definition) is 0. The third-order valence-electron chi connectivity index (χ3n) is 1.79. The van der Waals surface area contributed by atoms with Crippen molar-refractivity contribution >= 4 is 33.2 Å². The van der Waals surface area contributed by atoms with Crippen LogP contribution in [0.1, 0.15) is 12.0 Å². The summed E-state index contributed by atoms with van der Waals surface area (Å²) in [6.07, 6.45) is 2.03. The predicted molar refractivity (Wildman–Crippen MR) is 63.3 cm³/mol. The Morgan fingerprint density at radius 2 is 2.50 bits per heavy atom. The Kier molecular flexibility index (Phi) is 4.35. The molecule has 0 saturated carbocycles. The number of carbonyl (C=O) groups excluding carboxylic acids is 1. The van der Waals surface area contributed by atoms with E-state index in [2.05, 4.69) is 22.5 Å². The lowest BCUT2D eigenvalue weighted by Crippen LogP contribution is -2.25. The Morgan fingerprint density at radius 1 is 1.79 bits per heavy atom. The zero-order valence-corrected chi connectivity index (χ0v) is 10.4. The summed E-state index contributed by atoms with van der Waals surface area (Å²) in [5, 5.41) is 2.04. The van der Waals surface area contributed by atoms with Gasteiger partial charge in [-0.3, -0.25) is 4.79 Å². The SMILES string of the molecule is C=CCC(=O)N(C)Cc1csc(Br)c1.